The largest absolute Gasteiger partial charge is 0.484 e. The lowest BCUT2D eigenvalue weighted by Crippen LogP contribution is -2.55. The zero-order valence-electron chi connectivity index (χ0n) is 10.6. The van der Waals surface area contributed by atoms with E-state index in [0.29, 0.717) is 11.8 Å². The molecular formula is C13H19N3O2. The first-order valence-corrected chi connectivity index (χ1v) is 6.06. The average Bonchev–Trinajstić information content (AvgIpc) is 2.25. The summed E-state index contributed by atoms with van der Waals surface area (Å²) in [6.07, 6.45) is 0. The Morgan fingerprint density at radius 2 is 2.11 bits per heavy atom. The number of rotatable bonds is 6. The highest BCUT2D eigenvalue weighted by atomic mass is 16.5. The summed E-state index contributed by atoms with van der Waals surface area (Å²) >= 11 is 0. The predicted octanol–water partition coefficient (Wildman–Crippen LogP) is -0.0457. The van der Waals surface area contributed by atoms with Gasteiger partial charge in [-0.1, -0.05) is 12.1 Å². The summed E-state index contributed by atoms with van der Waals surface area (Å²) in [5.41, 5.74) is 6.25. The number of amides is 1. The first kappa shape index (κ1) is 12.9. The number of nitrogens with two attached hydrogens (primary N) is 1. The molecule has 1 aliphatic heterocycles. The van der Waals surface area contributed by atoms with E-state index in [9.17, 15) is 4.79 Å². The highest BCUT2D eigenvalue weighted by Crippen LogP contribution is 2.14. The van der Waals surface area contributed by atoms with Gasteiger partial charge in [-0.05, 0) is 24.7 Å². The average molecular weight is 249 g/mol. The fourth-order valence-electron chi connectivity index (χ4n) is 1.85. The van der Waals surface area contributed by atoms with Gasteiger partial charge in [0.25, 0.3) is 5.91 Å². The Bertz CT molecular complexity index is 401. The zero-order chi connectivity index (χ0) is 13.0. The van der Waals surface area contributed by atoms with Gasteiger partial charge in [-0.25, -0.2) is 0 Å². The maximum atomic E-state index is 10.6. The van der Waals surface area contributed by atoms with E-state index < -0.39 is 5.91 Å². The molecule has 0 atom stereocenters. The van der Waals surface area contributed by atoms with Gasteiger partial charge in [-0.3, -0.25) is 9.69 Å². The van der Waals surface area contributed by atoms with Crippen molar-refractivity contribution in [1.82, 2.24) is 10.2 Å². The van der Waals surface area contributed by atoms with Crippen molar-refractivity contribution in [3.63, 3.8) is 0 Å². The number of nitrogens with one attached hydrogen (secondary N) is 1. The van der Waals surface area contributed by atoms with Gasteiger partial charge < -0.3 is 15.8 Å². The SMILES string of the molecule is CN(Cc1ccc(OCC(N)=O)cc1)C1CNC1. The van der Waals surface area contributed by atoms with E-state index in [1.165, 1.54) is 5.56 Å². The molecule has 0 unspecified atom stereocenters. The van der Waals surface area contributed by atoms with Gasteiger partial charge in [0.1, 0.15) is 5.75 Å². The van der Waals surface area contributed by atoms with Crippen LogP contribution in [0.4, 0.5) is 0 Å². The topological polar surface area (TPSA) is 67.6 Å². The molecule has 0 radical (unpaired) electrons. The van der Waals surface area contributed by atoms with Crippen LogP contribution in [0.2, 0.25) is 0 Å². The third-order valence-electron chi connectivity index (χ3n) is 3.12. The van der Waals surface area contributed by atoms with E-state index in [1.54, 1.807) is 0 Å². The molecule has 1 aromatic carbocycles. The van der Waals surface area contributed by atoms with Crippen LogP contribution >= 0.6 is 0 Å². The minimum Gasteiger partial charge on any atom is -0.484 e. The number of nitrogens with zero attached hydrogens (tertiary/aromatic N) is 1. The van der Waals surface area contributed by atoms with Crippen molar-refractivity contribution in [2.45, 2.75) is 12.6 Å². The number of primary amides is 1. The summed E-state index contributed by atoms with van der Waals surface area (Å²) in [5, 5.41) is 3.26. The van der Waals surface area contributed by atoms with Gasteiger partial charge in [0.15, 0.2) is 6.61 Å². The highest BCUT2D eigenvalue weighted by molar-refractivity contribution is 5.75. The van der Waals surface area contributed by atoms with Crippen LogP contribution < -0.4 is 15.8 Å². The van der Waals surface area contributed by atoms with Crippen molar-refractivity contribution in [2.75, 3.05) is 26.7 Å². The van der Waals surface area contributed by atoms with Crippen molar-refractivity contribution in [2.24, 2.45) is 5.73 Å². The molecule has 18 heavy (non-hydrogen) atoms. The maximum absolute atomic E-state index is 10.6. The van der Waals surface area contributed by atoms with Crippen molar-refractivity contribution in [3.8, 4) is 5.75 Å². The highest BCUT2D eigenvalue weighted by Gasteiger charge is 2.21. The standard InChI is InChI=1S/C13H19N3O2/c1-16(11-6-15-7-11)8-10-2-4-12(5-3-10)18-9-13(14)17/h2-5,11,15H,6-9H2,1H3,(H2,14,17). The molecule has 5 heteroatoms. The summed E-state index contributed by atoms with van der Waals surface area (Å²) in [6, 6.07) is 8.39. The zero-order valence-corrected chi connectivity index (χ0v) is 10.6. The number of hydrogen-bond acceptors (Lipinski definition) is 4. The number of benzene rings is 1. The first-order valence-electron chi connectivity index (χ1n) is 6.06. The van der Waals surface area contributed by atoms with Gasteiger partial charge in [0, 0.05) is 25.7 Å². The second-order valence-electron chi connectivity index (χ2n) is 4.63. The quantitative estimate of drug-likeness (QED) is 0.742. The fraction of sp³-hybridized carbons (Fsp3) is 0.462. The Morgan fingerprint density at radius 3 is 2.61 bits per heavy atom. The van der Waals surface area contributed by atoms with Gasteiger partial charge in [-0.15, -0.1) is 0 Å². The second-order valence-corrected chi connectivity index (χ2v) is 4.63. The molecule has 0 saturated carbocycles. The van der Waals surface area contributed by atoms with Crippen LogP contribution in [-0.4, -0.2) is 43.6 Å². The van der Waals surface area contributed by atoms with Gasteiger partial charge in [-0.2, -0.15) is 0 Å². The fourth-order valence-corrected chi connectivity index (χ4v) is 1.85. The molecule has 1 aliphatic rings. The summed E-state index contributed by atoms with van der Waals surface area (Å²) in [4.78, 5) is 12.9. The van der Waals surface area contributed by atoms with E-state index in [0.717, 1.165) is 19.6 Å². The maximum Gasteiger partial charge on any atom is 0.255 e. The number of ether oxygens (including phenoxy) is 1. The van der Waals surface area contributed by atoms with Crippen molar-refractivity contribution in [1.29, 1.82) is 0 Å². The number of likely N-dealkylation sites (N-methyl/N-ethyl adjacent to an activating group) is 1. The first-order chi connectivity index (χ1) is 8.65. The van der Waals surface area contributed by atoms with Crippen molar-refractivity contribution in [3.05, 3.63) is 29.8 Å². The Hall–Kier alpha value is -1.59. The summed E-state index contributed by atoms with van der Waals surface area (Å²) in [6.45, 7) is 2.97. The Labute approximate surface area is 107 Å². The Morgan fingerprint density at radius 1 is 1.44 bits per heavy atom. The lowest BCUT2D eigenvalue weighted by atomic mass is 10.1. The molecule has 2 rings (SSSR count). The molecule has 1 amide bonds. The van der Waals surface area contributed by atoms with Crippen LogP contribution in [0.25, 0.3) is 0 Å². The summed E-state index contributed by atoms with van der Waals surface area (Å²) < 4.78 is 5.21. The minimum atomic E-state index is -0.462. The van der Waals surface area contributed by atoms with E-state index in [4.69, 9.17) is 10.5 Å². The van der Waals surface area contributed by atoms with Gasteiger partial charge >= 0.3 is 0 Å². The summed E-state index contributed by atoms with van der Waals surface area (Å²) in [7, 11) is 2.13. The number of carbonyl (C=O) groups is 1. The number of hydrogen-bond donors (Lipinski definition) is 2. The van der Waals surface area contributed by atoms with Crippen LogP contribution in [0.15, 0.2) is 24.3 Å². The second kappa shape index (κ2) is 5.84. The van der Waals surface area contributed by atoms with Crippen LogP contribution in [0, 0.1) is 0 Å². The smallest absolute Gasteiger partial charge is 0.255 e. The molecule has 1 aromatic rings. The Kier molecular flexibility index (Phi) is 4.17. The number of carbonyl (C=O) groups excluding carboxylic acids is 1. The molecule has 0 spiro atoms. The minimum absolute atomic E-state index is 0.0764. The molecule has 1 fully saturated rings. The van der Waals surface area contributed by atoms with Crippen molar-refractivity contribution >= 4 is 5.91 Å². The summed E-state index contributed by atoms with van der Waals surface area (Å²) in [5.74, 6) is 0.210. The van der Waals surface area contributed by atoms with E-state index in [2.05, 4.69) is 17.3 Å². The molecule has 1 heterocycles. The third-order valence-corrected chi connectivity index (χ3v) is 3.12. The van der Waals surface area contributed by atoms with Crippen molar-refractivity contribution < 1.29 is 9.53 Å². The molecule has 0 bridgehead atoms. The molecule has 0 aromatic heterocycles. The molecular weight excluding hydrogens is 230 g/mol. The molecule has 98 valence electrons. The van der Waals surface area contributed by atoms with E-state index in [-0.39, 0.29) is 6.61 Å². The molecule has 3 N–H and O–H groups in total. The normalized spacial score (nSPS) is 15.4. The van der Waals surface area contributed by atoms with E-state index in [1.807, 2.05) is 24.3 Å². The van der Waals surface area contributed by atoms with E-state index >= 15 is 0 Å². The molecule has 0 aliphatic carbocycles. The van der Waals surface area contributed by atoms with Crippen LogP contribution in [0.1, 0.15) is 5.56 Å². The van der Waals surface area contributed by atoms with Gasteiger partial charge in [0.2, 0.25) is 0 Å². The lowest BCUT2D eigenvalue weighted by molar-refractivity contribution is -0.119. The van der Waals surface area contributed by atoms with Crippen LogP contribution in [0.5, 0.6) is 5.75 Å². The lowest BCUT2D eigenvalue weighted by Gasteiger charge is -2.35. The Balaban J connectivity index is 1.84. The molecule has 5 nitrogen and oxygen atoms in total. The predicted molar refractivity (Wildman–Crippen MR) is 69.3 cm³/mol. The van der Waals surface area contributed by atoms with Crippen LogP contribution in [0.3, 0.4) is 0 Å². The third kappa shape index (κ3) is 3.45. The monoisotopic (exact) mass is 249 g/mol. The molecule has 1 saturated heterocycles. The van der Waals surface area contributed by atoms with Crippen LogP contribution in [-0.2, 0) is 11.3 Å². The van der Waals surface area contributed by atoms with Gasteiger partial charge in [0.05, 0.1) is 0 Å².